The third kappa shape index (κ3) is 3.68. The summed E-state index contributed by atoms with van der Waals surface area (Å²) in [5, 5.41) is 0.573. The number of fused-ring (bicyclic) bond motifs is 1. The van der Waals surface area contributed by atoms with Gasteiger partial charge in [-0.15, -0.1) is 0 Å². The largest absolute Gasteiger partial charge is 0.489 e. The van der Waals surface area contributed by atoms with E-state index in [4.69, 9.17) is 21.1 Å². The first-order valence-corrected chi connectivity index (χ1v) is 8.03. The molecule has 0 radical (unpaired) electrons. The molecule has 0 saturated heterocycles. The van der Waals surface area contributed by atoms with Gasteiger partial charge in [-0.3, -0.25) is 9.20 Å². The van der Waals surface area contributed by atoms with Crippen LogP contribution in [0.25, 0.3) is 5.65 Å². The van der Waals surface area contributed by atoms with Crippen LogP contribution in [0.15, 0.2) is 48.8 Å². The Kier molecular flexibility index (Phi) is 5.01. The molecule has 0 N–H and O–H groups in total. The number of imidazole rings is 1. The van der Waals surface area contributed by atoms with E-state index < -0.39 is 0 Å². The molecule has 6 heteroatoms. The number of halogens is 1. The minimum absolute atomic E-state index is 0.185. The maximum atomic E-state index is 11.7. The Bertz CT molecular complexity index is 860. The lowest BCUT2D eigenvalue weighted by atomic mass is 10.1. The van der Waals surface area contributed by atoms with Gasteiger partial charge in [-0.25, -0.2) is 4.98 Å². The van der Waals surface area contributed by atoms with E-state index in [1.54, 1.807) is 23.7 Å². The highest BCUT2D eigenvalue weighted by Crippen LogP contribution is 2.22. The number of esters is 1. The highest BCUT2D eigenvalue weighted by Gasteiger charge is 2.10. The molecule has 0 aliphatic carbocycles. The number of hydrogen-bond donors (Lipinski definition) is 0. The lowest BCUT2D eigenvalue weighted by Crippen LogP contribution is -2.09. The van der Waals surface area contributed by atoms with E-state index in [9.17, 15) is 4.79 Å². The lowest BCUT2D eigenvalue weighted by Gasteiger charge is -2.12. The molecule has 0 fully saturated rings. The van der Waals surface area contributed by atoms with Gasteiger partial charge in [0.25, 0.3) is 0 Å². The Hall–Kier alpha value is -2.53. The summed E-state index contributed by atoms with van der Waals surface area (Å²) in [6, 6.07) is 11.2. The summed E-state index contributed by atoms with van der Waals surface area (Å²) in [6.07, 6.45) is 3.68. The highest BCUT2D eigenvalue weighted by atomic mass is 35.5. The van der Waals surface area contributed by atoms with Crippen LogP contribution < -0.4 is 4.74 Å². The summed E-state index contributed by atoms with van der Waals surface area (Å²) in [5.41, 5.74) is 2.47. The van der Waals surface area contributed by atoms with Gasteiger partial charge in [0.15, 0.2) is 0 Å². The van der Waals surface area contributed by atoms with E-state index in [1.165, 1.54) is 0 Å². The van der Waals surface area contributed by atoms with Gasteiger partial charge in [-0.1, -0.05) is 29.8 Å². The number of nitrogens with zero attached hydrogens (tertiary/aromatic N) is 2. The number of ether oxygens (including phenoxy) is 2. The summed E-state index contributed by atoms with van der Waals surface area (Å²) in [5.74, 6) is 0.389. The van der Waals surface area contributed by atoms with Gasteiger partial charge in [-0.05, 0) is 30.7 Å². The number of aromatic nitrogens is 2. The molecule has 0 spiro atoms. The number of pyridine rings is 1. The third-order valence-corrected chi connectivity index (χ3v) is 3.82. The van der Waals surface area contributed by atoms with E-state index in [2.05, 4.69) is 4.98 Å². The van der Waals surface area contributed by atoms with Gasteiger partial charge in [0.05, 0.1) is 13.0 Å². The van der Waals surface area contributed by atoms with Crippen LogP contribution in [0.4, 0.5) is 0 Å². The van der Waals surface area contributed by atoms with E-state index >= 15 is 0 Å². The van der Waals surface area contributed by atoms with Crippen LogP contribution in [0.5, 0.6) is 5.75 Å². The van der Waals surface area contributed by atoms with Gasteiger partial charge in [0, 0.05) is 18.0 Å². The molecule has 3 rings (SSSR count). The SMILES string of the molecule is CCOC(=O)Cc1ccccc1OCc1cc(Cl)n2ccnc2c1. The summed E-state index contributed by atoms with van der Waals surface area (Å²) in [6.45, 7) is 2.49. The monoisotopic (exact) mass is 344 g/mol. The summed E-state index contributed by atoms with van der Waals surface area (Å²) in [4.78, 5) is 15.9. The minimum atomic E-state index is -0.268. The summed E-state index contributed by atoms with van der Waals surface area (Å²) in [7, 11) is 0. The molecule has 0 unspecified atom stereocenters. The van der Waals surface area contributed by atoms with Crippen molar-refractivity contribution in [1.82, 2.24) is 9.38 Å². The standard InChI is InChI=1S/C18H17ClN2O3/c1-2-23-18(22)11-14-5-3-4-6-15(14)24-12-13-9-16(19)21-8-7-20-17(21)10-13/h3-10H,2,11-12H2,1H3. The predicted molar refractivity (Wildman–Crippen MR) is 91.3 cm³/mol. The van der Waals surface area contributed by atoms with Crippen molar-refractivity contribution >= 4 is 23.2 Å². The molecule has 0 bridgehead atoms. The molecule has 2 aromatic heterocycles. The number of carbonyl (C=O) groups excluding carboxylic acids is 1. The molecule has 0 amide bonds. The molecule has 0 saturated carbocycles. The Morgan fingerprint density at radius 1 is 1.29 bits per heavy atom. The smallest absolute Gasteiger partial charge is 0.310 e. The Morgan fingerprint density at radius 3 is 2.96 bits per heavy atom. The second kappa shape index (κ2) is 7.36. The molecule has 24 heavy (non-hydrogen) atoms. The molecular formula is C18H17ClN2O3. The lowest BCUT2D eigenvalue weighted by molar-refractivity contribution is -0.142. The van der Waals surface area contributed by atoms with Crippen LogP contribution in [0.2, 0.25) is 5.15 Å². The van der Waals surface area contributed by atoms with Gasteiger partial charge < -0.3 is 9.47 Å². The van der Waals surface area contributed by atoms with E-state index in [0.29, 0.717) is 24.1 Å². The van der Waals surface area contributed by atoms with E-state index in [0.717, 1.165) is 16.8 Å². The maximum Gasteiger partial charge on any atom is 0.310 e. The quantitative estimate of drug-likeness (QED) is 0.505. The fraction of sp³-hybridized carbons (Fsp3) is 0.222. The van der Waals surface area contributed by atoms with Crippen LogP contribution in [0.3, 0.4) is 0 Å². The molecule has 3 aromatic rings. The topological polar surface area (TPSA) is 52.8 Å². The van der Waals surface area contributed by atoms with Crippen LogP contribution in [0.1, 0.15) is 18.1 Å². The van der Waals surface area contributed by atoms with Crippen molar-refractivity contribution in [2.75, 3.05) is 6.61 Å². The van der Waals surface area contributed by atoms with Crippen LogP contribution in [0, 0.1) is 0 Å². The molecule has 2 heterocycles. The van der Waals surface area contributed by atoms with Crippen LogP contribution >= 0.6 is 11.6 Å². The predicted octanol–water partition coefficient (Wildman–Crippen LogP) is 3.67. The first kappa shape index (κ1) is 16.3. The summed E-state index contributed by atoms with van der Waals surface area (Å²) >= 11 is 6.23. The van der Waals surface area contributed by atoms with Crippen molar-refractivity contribution in [3.8, 4) is 5.75 Å². The first-order chi connectivity index (χ1) is 11.7. The molecule has 1 aromatic carbocycles. The molecule has 0 aliphatic rings. The number of rotatable bonds is 6. The number of carbonyl (C=O) groups is 1. The summed E-state index contributed by atoms with van der Waals surface area (Å²) < 4.78 is 12.7. The average Bonchev–Trinajstić information content (AvgIpc) is 3.03. The number of benzene rings is 1. The first-order valence-electron chi connectivity index (χ1n) is 7.65. The van der Waals surface area contributed by atoms with Gasteiger partial charge in [0.1, 0.15) is 23.2 Å². The normalized spacial score (nSPS) is 10.8. The van der Waals surface area contributed by atoms with Crippen molar-refractivity contribution in [1.29, 1.82) is 0 Å². The fourth-order valence-corrected chi connectivity index (χ4v) is 2.72. The van der Waals surface area contributed by atoms with Crippen molar-refractivity contribution < 1.29 is 14.3 Å². The van der Waals surface area contributed by atoms with Gasteiger partial charge in [0.2, 0.25) is 0 Å². The number of para-hydroxylation sites is 1. The van der Waals surface area contributed by atoms with Crippen molar-refractivity contribution in [3.63, 3.8) is 0 Å². The van der Waals surface area contributed by atoms with Crippen molar-refractivity contribution in [2.24, 2.45) is 0 Å². The molecular weight excluding hydrogens is 328 g/mol. The Labute approximate surface area is 144 Å². The highest BCUT2D eigenvalue weighted by molar-refractivity contribution is 6.29. The Balaban J connectivity index is 1.75. The average molecular weight is 345 g/mol. The van der Waals surface area contributed by atoms with Crippen molar-refractivity contribution in [3.05, 3.63) is 65.1 Å². The van der Waals surface area contributed by atoms with Crippen molar-refractivity contribution in [2.45, 2.75) is 20.0 Å². The zero-order valence-electron chi connectivity index (χ0n) is 13.2. The zero-order chi connectivity index (χ0) is 16.9. The van der Waals surface area contributed by atoms with Crippen LogP contribution in [-0.4, -0.2) is 22.0 Å². The van der Waals surface area contributed by atoms with E-state index in [-0.39, 0.29) is 12.4 Å². The maximum absolute atomic E-state index is 11.7. The molecule has 124 valence electrons. The molecule has 0 atom stereocenters. The van der Waals surface area contributed by atoms with Crippen LogP contribution in [-0.2, 0) is 22.6 Å². The second-order valence-corrected chi connectivity index (χ2v) is 5.61. The van der Waals surface area contributed by atoms with E-state index in [1.807, 2.05) is 36.4 Å². The van der Waals surface area contributed by atoms with Gasteiger partial charge >= 0.3 is 5.97 Å². The third-order valence-electron chi connectivity index (χ3n) is 3.53. The molecule has 0 aliphatic heterocycles. The fourth-order valence-electron chi connectivity index (χ4n) is 2.44. The molecule has 5 nitrogen and oxygen atoms in total. The van der Waals surface area contributed by atoms with Gasteiger partial charge in [-0.2, -0.15) is 0 Å². The second-order valence-electron chi connectivity index (χ2n) is 5.22. The zero-order valence-corrected chi connectivity index (χ0v) is 14.0. The number of hydrogen-bond acceptors (Lipinski definition) is 4. The minimum Gasteiger partial charge on any atom is -0.489 e. The Morgan fingerprint density at radius 2 is 2.12 bits per heavy atom.